The maximum absolute atomic E-state index is 12.3. The molecule has 6 heteroatoms. The molecule has 84 valence electrons. The number of hydrogen-bond donors (Lipinski definition) is 2. The number of halogens is 3. The number of carboxylic acid groups (broad SMARTS) is 1. The molecular weight excluding hydrogens is 223 g/mol. The first-order chi connectivity index (χ1) is 7.38. The van der Waals surface area contributed by atoms with Gasteiger partial charge in [0.2, 0.25) is 0 Å². The van der Waals surface area contributed by atoms with Crippen LogP contribution in [0.5, 0.6) is 0 Å². The third kappa shape index (κ3) is 1.73. The number of hydrogen-bond acceptors (Lipinski definition) is 1. The highest BCUT2D eigenvalue weighted by Gasteiger charge is 2.32. The molecule has 0 aliphatic rings. The van der Waals surface area contributed by atoms with Gasteiger partial charge < -0.3 is 10.1 Å². The van der Waals surface area contributed by atoms with Crippen molar-refractivity contribution in [3.05, 3.63) is 35.5 Å². The smallest absolute Gasteiger partial charge is 0.431 e. The molecule has 0 fully saturated rings. The third-order valence-corrected chi connectivity index (χ3v) is 2.17. The van der Waals surface area contributed by atoms with Crippen LogP contribution in [0.3, 0.4) is 0 Å². The standard InChI is InChI=1S/C10H6F3NO2/c11-10(12,13)8-4-5-1-2-6(9(15)16)3-7(5)14-8/h1-4,14H,(H,15,16). The Hall–Kier alpha value is -1.98. The van der Waals surface area contributed by atoms with Gasteiger partial charge >= 0.3 is 12.1 Å². The Morgan fingerprint density at radius 1 is 1.25 bits per heavy atom. The van der Waals surface area contributed by atoms with E-state index in [0.717, 1.165) is 6.07 Å². The number of nitrogens with one attached hydrogen (secondary N) is 1. The number of aromatic carboxylic acids is 1. The van der Waals surface area contributed by atoms with Crippen molar-refractivity contribution in [3.8, 4) is 0 Å². The number of aromatic amines is 1. The van der Waals surface area contributed by atoms with Crippen LogP contribution in [0.4, 0.5) is 13.2 Å². The fourth-order valence-corrected chi connectivity index (χ4v) is 1.41. The van der Waals surface area contributed by atoms with E-state index in [4.69, 9.17) is 5.11 Å². The van der Waals surface area contributed by atoms with E-state index in [1.54, 1.807) is 0 Å². The summed E-state index contributed by atoms with van der Waals surface area (Å²) in [5, 5.41) is 9.01. The van der Waals surface area contributed by atoms with Crippen LogP contribution in [0.1, 0.15) is 16.1 Å². The molecule has 1 heterocycles. The second kappa shape index (κ2) is 3.26. The highest BCUT2D eigenvalue weighted by molar-refractivity contribution is 5.93. The van der Waals surface area contributed by atoms with E-state index in [9.17, 15) is 18.0 Å². The van der Waals surface area contributed by atoms with Gasteiger partial charge in [-0.1, -0.05) is 6.07 Å². The van der Waals surface area contributed by atoms with E-state index >= 15 is 0 Å². The Morgan fingerprint density at radius 2 is 1.94 bits per heavy atom. The van der Waals surface area contributed by atoms with Crippen LogP contribution in [-0.2, 0) is 6.18 Å². The Balaban J connectivity index is 2.59. The lowest BCUT2D eigenvalue weighted by atomic mass is 10.2. The fraction of sp³-hybridized carbons (Fsp3) is 0.100. The minimum Gasteiger partial charge on any atom is -0.478 e. The average molecular weight is 229 g/mol. The van der Waals surface area contributed by atoms with E-state index in [2.05, 4.69) is 4.98 Å². The van der Waals surface area contributed by atoms with Gasteiger partial charge in [0.25, 0.3) is 0 Å². The summed E-state index contributed by atoms with van der Waals surface area (Å²) in [6.45, 7) is 0. The van der Waals surface area contributed by atoms with Crippen LogP contribution < -0.4 is 0 Å². The number of rotatable bonds is 1. The molecule has 2 rings (SSSR count). The molecule has 1 aromatic carbocycles. The Morgan fingerprint density at radius 3 is 2.50 bits per heavy atom. The summed E-state index contributed by atoms with van der Waals surface area (Å²) in [5.74, 6) is -1.18. The molecule has 0 saturated heterocycles. The Bertz CT molecular complexity index is 557. The van der Waals surface area contributed by atoms with Gasteiger partial charge in [0.15, 0.2) is 0 Å². The van der Waals surface area contributed by atoms with Crippen molar-refractivity contribution in [1.82, 2.24) is 4.98 Å². The molecule has 16 heavy (non-hydrogen) atoms. The van der Waals surface area contributed by atoms with E-state index in [1.165, 1.54) is 18.2 Å². The molecule has 0 spiro atoms. The lowest BCUT2D eigenvalue weighted by molar-refractivity contribution is -0.140. The van der Waals surface area contributed by atoms with Gasteiger partial charge in [0, 0.05) is 10.9 Å². The molecule has 2 N–H and O–H groups in total. The van der Waals surface area contributed by atoms with Crippen LogP contribution in [0.2, 0.25) is 0 Å². The number of carboxylic acids is 1. The van der Waals surface area contributed by atoms with Crippen molar-refractivity contribution in [2.24, 2.45) is 0 Å². The van der Waals surface area contributed by atoms with Crippen LogP contribution in [-0.4, -0.2) is 16.1 Å². The van der Waals surface area contributed by atoms with Crippen molar-refractivity contribution in [2.75, 3.05) is 0 Å². The summed E-state index contributed by atoms with van der Waals surface area (Å²) in [7, 11) is 0. The number of fused-ring (bicyclic) bond motifs is 1. The second-order valence-electron chi connectivity index (χ2n) is 3.29. The Kier molecular flexibility index (Phi) is 2.15. The molecule has 2 aromatic rings. The molecule has 0 radical (unpaired) electrons. The Labute approximate surface area is 87.5 Å². The molecule has 0 aliphatic carbocycles. The molecule has 0 unspecified atom stereocenters. The number of carbonyl (C=O) groups is 1. The molecule has 0 saturated carbocycles. The number of H-pyrrole nitrogens is 1. The zero-order valence-electron chi connectivity index (χ0n) is 7.80. The molecule has 0 atom stereocenters. The summed E-state index contributed by atoms with van der Waals surface area (Å²) >= 11 is 0. The lowest BCUT2D eigenvalue weighted by Gasteiger charge is -2.00. The minimum atomic E-state index is -4.46. The highest BCUT2D eigenvalue weighted by Crippen LogP contribution is 2.31. The first-order valence-corrected chi connectivity index (χ1v) is 4.31. The normalized spacial score (nSPS) is 11.9. The highest BCUT2D eigenvalue weighted by atomic mass is 19.4. The van der Waals surface area contributed by atoms with Gasteiger partial charge in [-0.05, 0) is 18.2 Å². The monoisotopic (exact) mass is 229 g/mol. The van der Waals surface area contributed by atoms with Gasteiger partial charge in [-0.15, -0.1) is 0 Å². The van der Waals surface area contributed by atoms with Gasteiger partial charge in [-0.3, -0.25) is 0 Å². The summed E-state index contributed by atoms with van der Waals surface area (Å²) in [5.41, 5.74) is -0.777. The van der Waals surface area contributed by atoms with Crippen molar-refractivity contribution < 1.29 is 23.1 Å². The van der Waals surface area contributed by atoms with E-state index in [1.807, 2.05) is 0 Å². The fourth-order valence-electron chi connectivity index (χ4n) is 1.41. The molecule has 1 aromatic heterocycles. The lowest BCUT2D eigenvalue weighted by Crippen LogP contribution is -2.04. The molecule has 0 aliphatic heterocycles. The summed E-state index contributed by atoms with van der Waals surface area (Å²) in [6.07, 6.45) is -4.46. The van der Waals surface area contributed by atoms with Crippen molar-refractivity contribution >= 4 is 16.9 Å². The first kappa shape index (κ1) is 10.5. The molecule has 0 amide bonds. The van der Waals surface area contributed by atoms with Gasteiger partial charge in [-0.2, -0.15) is 13.2 Å². The number of benzene rings is 1. The zero-order chi connectivity index (χ0) is 11.9. The second-order valence-corrected chi connectivity index (χ2v) is 3.29. The topological polar surface area (TPSA) is 53.1 Å². The molecule has 0 bridgehead atoms. The number of aromatic nitrogens is 1. The predicted molar refractivity (Wildman–Crippen MR) is 50.3 cm³/mol. The SMILES string of the molecule is O=C(O)c1ccc2cc(C(F)(F)F)[nH]c2c1. The average Bonchev–Trinajstić information content (AvgIpc) is 2.58. The van der Waals surface area contributed by atoms with Gasteiger partial charge in [-0.25, -0.2) is 4.79 Å². The first-order valence-electron chi connectivity index (χ1n) is 4.31. The maximum Gasteiger partial charge on any atom is 0.431 e. The van der Waals surface area contributed by atoms with Crippen molar-refractivity contribution in [1.29, 1.82) is 0 Å². The molecule has 3 nitrogen and oxygen atoms in total. The largest absolute Gasteiger partial charge is 0.478 e. The quantitative estimate of drug-likeness (QED) is 0.789. The summed E-state index contributed by atoms with van der Waals surface area (Å²) in [6, 6.07) is 4.72. The predicted octanol–water partition coefficient (Wildman–Crippen LogP) is 2.88. The molecular formula is C10H6F3NO2. The van der Waals surface area contributed by atoms with E-state index in [0.29, 0.717) is 5.39 Å². The maximum atomic E-state index is 12.3. The van der Waals surface area contributed by atoms with E-state index in [-0.39, 0.29) is 11.1 Å². The van der Waals surface area contributed by atoms with Gasteiger partial charge in [0.05, 0.1) is 5.56 Å². The van der Waals surface area contributed by atoms with Crippen LogP contribution in [0, 0.1) is 0 Å². The minimum absolute atomic E-state index is 0.0527. The van der Waals surface area contributed by atoms with Crippen molar-refractivity contribution in [2.45, 2.75) is 6.18 Å². The van der Waals surface area contributed by atoms with Crippen molar-refractivity contribution in [3.63, 3.8) is 0 Å². The number of alkyl halides is 3. The van der Waals surface area contributed by atoms with Crippen LogP contribution in [0.25, 0.3) is 10.9 Å². The summed E-state index contributed by atoms with van der Waals surface area (Å²) in [4.78, 5) is 12.8. The van der Waals surface area contributed by atoms with Gasteiger partial charge in [0.1, 0.15) is 5.69 Å². The zero-order valence-corrected chi connectivity index (χ0v) is 7.80. The van der Waals surface area contributed by atoms with E-state index < -0.39 is 17.8 Å². The third-order valence-electron chi connectivity index (χ3n) is 2.17. The van der Waals surface area contributed by atoms with Crippen LogP contribution >= 0.6 is 0 Å². The summed E-state index contributed by atoms with van der Waals surface area (Å²) < 4.78 is 37.0. The van der Waals surface area contributed by atoms with Crippen LogP contribution in [0.15, 0.2) is 24.3 Å².